The Balaban J connectivity index is 1.31. The average molecular weight is 425 g/mol. The fourth-order valence-corrected chi connectivity index (χ4v) is 3.93. The molecule has 31 heavy (non-hydrogen) atoms. The molecule has 1 atom stereocenters. The number of aryl methyl sites for hydroxylation is 1. The molecule has 7 heteroatoms. The van der Waals surface area contributed by atoms with Gasteiger partial charge in [-0.2, -0.15) is 5.10 Å². The third-order valence-corrected chi connectivity index (χ3v) is 5.57. The minimum atomic E-state index is -0.381. The largest absolute Gasteiger partial charge is 0.490 e. The van der Waals surface area contributed by atoms with Gasteiger partial charge in [-0.15, -0.1) is 0 Å². The number of halogens is 2. The van der Waals surface area contributed by atoms with Gasteiger partial charge in [-0.1, -0.05) is 24.3 Å². The standard InChI is InChI=1S/C24H25F2N3O2/c25-18-10-7-17(8-11-18)9-12-24(30)29-14-3-5-22(29)21-16-19(27-28-21)13-15-31-23-6-2-1-4-20(23)26/h1-2,4,6-8,10-11,16,22H,3,5,9,12-15H2,(H,27,28). The van der Waals surface area contributed by atoms with E-state index in [9.17, 15) is 13.6 Å². The van der Waals surface area contributed by atoms with Gasteiger partial charge in [-0.3, -0.25) is 9.89 Å². The summed E-state index contributed by atoms with van der Waals surface area (Å²) in [5, 5.41) is 7.42. The molecule has 162 valence electrons. The summed E-state index contributed by atoms with van der Waals surface area (Å²) in [6.07, 6.45) is 3.34. The van der Waals surface area contributed by atoms with E-state index in [4.69, 9.17) is 4.74 Å². The van der Waals surface area contributed by atoms with E-state index in [0.717, 1.165) is 29.8 Å². The Hall–Kier alpha value is -3.22. The van der Waals surface area contributed by atoms with Gasteiger partial charge in [-0.05, 0) is 55.2 Å². The molecule has 1 aliphatic heterocycles. The van der Waals surface area contributed by atoms with Crippen LogP contribution in [0.2, 0.25) is 0 Å². The number of para-hydroxylation sites is 1. The molecular formula is C24H25F2N3O2. The Morgan fingerprint density at radius 3 is 2.74 bits per heavy atom. The van der Waals surface area contributed by atoms with Crippen LogP contribution in [0.4, 0.5) is 8.78 Å². The maximum absolute atomic E-state index is 13.6. The molecule has 0 radical (unpaired) electrons. The van der Waals surface area contributed by atoms with Gasteiger partial charge < -0.3 is 9.64 Å². The minimum absolute atomic E-state index is 0.0433. The van der Waals surface area contributed by atoms with E-state index < -0.39 is 0 Å². The molecule has 1 saturated heterocycles. The first-order valence-electron chi connectivity index (χ1n) is 10.6. The fourth-order valence-electron chi connectivity index (χ4n) is 3.93. The number of hydrogen-bond acceptors (Lipinski definition) is 3. The van der Waals surface area contributed by atoms with E-state index in [1.165, 1.54) is 18.2 Å². The summed E-state index contributed by atoms with van der Waals surface area (Å²) in [5.74, 6) is -0.341. The third-order valence-electron chi connectivity index (χ3n) is 5.57. The number of nitrogens with zero attached hydrogens (tertiary/aromatic N) is 2. The number of amides is 1. The summed E-state index contributed by atoms with van der Waals surface area (Å²) >= 11 is 0. The zero-order valence-electron chi connectivity index (χ0n) is 17.2. The maximum Gasteiger partial charge on any atom is 0.223 e. The van der Waals surface area contributed by atoms with E-state index in [2.05, 4.69) is 10.2 Å². The number of rotatable bonds is 8. The average Bonchev–Trinajstić information content (AvgIpc) is 3.44. The van der Waals surface area contributed by atoms with Crippen molar-refractivity contribution in [3.63, 3.8) is 0 Å². The van der Waals surface area contributed by atoms with Crippen LogP contribution in [0.1, 0.15) is 42.3 Å². The highest BCUT2D eigenvalue weighted by Gasteiger charge is 2.31. The monoisotopic (exact) mass is 425 g/mol. The van der Waals surface area contributed by atoms with Gasteiger partial charge in [0, 0.05) is 25.1 Å². The van der Waals surface area contributed by atoms with Gasteiger partial charge in [0.05, 0.1) is 18.3 Å². The van der Waals surface area contributed by atoms with Crippen molar-refractivity contribution in [3.05, 3.63) is 83.2 Å². The van der Waals surface area contributed by atoms with Crippen LogP contribution < -0.4 is 4.74 Å². The molecule has 1 amide bonds. The lowest BCUT2D eigenvalue weighted by Crippen LogP contribution is -2.30. The second kappa shape index (κ2) is 9.73. The van der Waals surface area contributed by atoms with Crippen molar-refractivity contribution < 1.29 is 18.3 Å². The Morgan fingerprint density at radius 2 is 1.94 bits per heavy atom. The molecule has 0 saturated carbocycles. The molecule has 1 N–H and O–H groups in total. The Bertz CT molecular complexity index is 1020. The number of hydrogen-bond donors (Lipinski definition) is 1. The molecule has 5 nitrogen and oxygen atoms in total. The van der Waals surface area contributed by atoms with E-state index in [-0.39, 0.29) is 29.3 Å². The summed E-state index contributed by atoms with van der Waals surface area (Å²) in [6, 6.07) is 14.5. The van der Waals surface area contributed by atoms with Gasteiger partial charge in [-0.25, -0.2) is 8.78 Å². The number of aromatic nitrogens is 2. The molecule has 0 aliphatic carbocycles. The first kappa shape index (κ1) is 21.0. The van der Waals surface area contributed by atoms with Crippen molar-refractivity contribution in [3.8, 4) is 5.75 Å². The summed E-state index contributed by atoms with van der Waals surface area (Å²) < 4.78 is 32.2. The van der Waals surface area contributed by atoms with Crippen LogP contribution in [-0.4, -0.2) is 34.2 Å². The summed E-state index contributed by atoms with van der Waals surface area (Å²) in [6.45, 7) is 1.04. The number of H-pyrrole nitrogens is 1. The highest BCUT2D eigenvalue weighted by atomic mass is 19.1. The number of aromatic amines is 1. The highest BCUT2D eigenvalue weighted by molar-refractivity contribution is 5.77. The normalized spacial score (nSPS) is 15.9. The van der Waals surface area contributed by atoms with Crippen LogP contribution in [0, 0.1) is 11.6 Å². The summed E-state index contributed by atoms with van der Waals surface area (Å²) in [7, 11) is 0. The molecule has 1 unspecified atom stereocenters. The number of carbonyl (C=O) groups is 1. The molecule has 4 rings (SSSR count). The van der Waals surface area contributed by atoms with E-state index in [1.54, 1.807) is 30.3 Å². The summed E-state index contributed by atoms with van der Waals surface area (Å²) in [5.41, 5.74) is 2.67. The van der Waals surface area contributed by atoms with Crippen LogP contribution in [0.25, 0.3) is 0 Å². The Kier molecular flexibility index (Phi) is 6.60. The SMILES string of the molecule is O=C(CCc1ccc(F)cc1)N1CCCC1c1cc(CCOc2ccccc2F)[nH]n1. The van der Waals surface area contributed by atoms with Crippen molar-refractivity contribution in [1.82, 2.24) is 15.1 Å². The van der Waals surface area contributed by atoms with Crippen LogP contribution in [0.15, 0.2) is 54.6 Å². The zero-order valence-corrected chi connectivity index (χ0v) is 17.2. The number of ether oxygens (including phenoxy) is 1. The number of likely N-dealkylation sites (tertiary alicyclic amines) is 1. The number of nitrogens with one attached hydrogen (secondary N) is 1. The smallest absolute Gasteiger partial charge is 0.223 e. The van der Waals surface area contributed by atoms with Crippen LogP contribution >= 0.6 is 0 Å². The fraction of sp³-hybridized carbons (Fsp3) is 0.333. The number of benzene rings is 2. The van der Waals surface area contributed by atoms with Crippen molar-refractivity contribution >= 4 is 5.91 Å². The Morgan fingerprint density at radius 1 is 1.13 bits per heavy atom. The third kappa shape index (κ3) is 5.29. The van der Waals surface area contributed by atoms with Crippen molar-refractivity contribution in [2.24, 2.45) is 0 Å². The maximum atomic E-state index is 13.6. The van der Waals surface area contributed by atoms with Crippen LogP contribution in [0.5, 0.6) is 5.75 Å². The van der Waals surface area contributed by atoms with E-state index in [1.807, 2.05) is 11.0 Å². The zero-order chi connectivity index (χ0) is 21.6. The minimum Gasteiger partial charge on any atom is -0.490 e. The molecule has 0 spiro atoms. The molecule has 1 aromatic heterocycles. The van der Waals surface area contributed by atoms with Gasteiger partial charge in [0.1, 0.15) is 5.82 Å². The van der Waals surface area contributed by atoms with E-state index in [0.29, 0.717) is 32.4 Å². The van der Waals surface area contributed by atoms with Gasteiger partial charge in [0.2, 0.25) is 5.91 Å². The van der Waals surface area contributed by atoms with Crippen LogP contribution in [0.3, 0.4) is 0 Å². The molecule has 3 aromatic rings. The second-order valence-corrected chi connectivity index (χ2v) is 7.72. The Labute approximate surface area is 180 Å². The molecule has 1 aliphatic rings. The number of carbonyl (C=O) groups excluding carboxylic acids is 1. The predicted molar refractivity (Wildman–Crippen MR) is 113 cm³/mol. The van der Waals surface area contributed by atoms with Gasteiger partial charge in [0.25, 0.3) is 0 Å². The van der Waals surface area contributed by atoms with Gasteiger partial charge in [0.15, 0.2) is 11.6 Å². The molecule has 2 aromatic carbocycles. The first-order chi connectivity index (χ1) is 15.1. The predicted octanol–water partition coefficient (Wildman–Crippen LogP) is 4.61. The molecular weight excluding hydrogens is 400 g/mol. The van der Waals surface area contributed by atoms with Gasteiger partial charge >= 0.3 is 0 Å². The van der Waals surface area contributed by atoms with Crippen molar-refractivity contribution in [2.45, 2.75) is 38.1 Å². The van der Waals surface area contributed by atoms with Crippen LogP contribution in [-0.2, 0) is 17.6 Å². The highest BCUT2D eigenvalue weighted by Crippen LogP contribution is 2.32. The molecule has 2 heterocycles. The van der Waals surface area contributed by atoms with E-state index >= 15 is 0 Å². The van der Waals surface area contributed by atoms with Crippen molar-refractivity contribution in [2.75, 3.05) is 13.2 Å². The summed E-state index contributed by atoms with van der Waals surface area (Å²) in [4.78, 5) is 14.7. The lowest BCUT2D eigenvalue weighted by molar-refractivity contribution is -0.132. The molecule has 1 fully saturated rings. The lowest BCUT2D eigenvalue weighted by atomic mass is 10.1. The lowest BCUT2D eigenvalue weighted by Gasteiger charge is -2.23. The second-order valence-electron chi connectivity index (χ2n) is 7.72. The molecule has 0 bridgehead atoms. The van der Waals surface area contributed by atoms with Crippen molar-refractivity contribution in [1.29, 1.82) is 0 Å². The quantitative estimate of drug-likeness (QED) is 0.574. The first-order valence-corrected chi connectivity index (χ1v) is 10.6. The topological polar surface area (TPSA) is 58.2 Å².